The van der Waals surface area contributed by atoms with Crippen LogP contribution in [0.5, 0.6) is 0 Å². The molecule has 118 valence electrons. The van der Waals surface area contributed by atoms with Crippen LogP contribution in [0, 0.1) is 11.3 Å². The lowest BCUT2D eigenvalue weighted by Crippen LogP contribution is -2.60. The number of hydrogen-bond acceptors (Lipinski definition) is 5. The number of ether oxygens (including phenoxy) is 1. The number of nitrogens with one attached hydrogen (secondary N) is 1. The van der Waals surface area contributed by atoms with Gasteiger partial charge in [0, 0.05) is 24.5 Å². The Bertz CT molecular complexity index is 468. The van der Waals surface area contributed by atoms with Crippen molar-refractivity contribution in [2.75, 3.05) is 11.9 Å². The van der Waals surface area contributed by atoms with E-state index in [0.29, 0.717) is 23.5 Å². The highest BCUT2D eigenvalue weighted by atomic mass is 32.1. The first-order valence-electron chi connectivity index (χ1n) is 8.34. The van der Waals surface area contributed by atoms with Crippen molar-refractivity contribution in [3.63, 3.8) is 0 Å². The Morgan fingerprint density at radius 3 is 2.76 bits per heavy atom. The van der Waals surface area contributed by atoms with Crippen molar-refractivity contribution in [2.45, 2.75) is 71.4 Å². The van der Waals surface area contributed by atoms with Gasteiger partial charge in [-0.05, 0) is 32.1 Å². The van der Waals surface area contributed by atoms with Crippen LogP contribution >= 0.6 is 11.3 Å². The molecule has 0 aromatic carbocycles. The molecule has 5 heteroatoms. The number of hydrogen-bond donors (Lipinski definition) is 1. The molecule has 1 aromatic heterocycles. The summed E-state index contributed by atoms with van der Waals surface area (Å²) < 4.78 is 5.97. The molecule has 2 aliphatic rings. The fourth-order valence-electron chi connectivity index (χ4n) is 3.98. The van der Waals surface area contributed by atoms with Crippen molar-refractivity contribution >= 4 is 16.5 Å². The topological polar surface area (TPSA) is 47.0 Å². The van der Waals surface area contributed by atoms with Crippen LogP contribution in [0.2, 0.25) is 0 Å². The first kappa shape index (κ1) is 15.2. The van der Waals surface area contributed by atoms with Gasteiger partial charge < -0.3 is 10.1 Å². The first-order chi connectivity index (χ1) is 10.1. The van der Waals surface area contributed by atoms with E-state index >= 15 is 0 Å². The van der Waals surface area contributed by atoms with E-state index in [1.165, 1.54) is 25.7 Å². The van der Waals surface area contributed by atoms with E-state index in [1.807, 2.05) is 0 Å². The Kier molecular flexibility index (Phi) is 4.50. The van der Waals surface area contributed by atoms with E-state index in [2.05, 4.69) is 36.3 Å². The summed E-state index contributed by atoms with van der Waals surface area (Å²) in [5, 5.41) is 14.4. The number of aromatic nitrogens is 2. The van der Waals surface area contributed by atoms with Gasteiger partial charge in [-0.1, -0.05) is 38.0 Å². The molecule has 3 rings (SSSR count). The molecular weight excluding hydrogens is 282 g/mol. The maximum absolute atomic E-state index is 5.97. The molecule has 2 fully saturated rings. The van der Waals surface area contributed by atoms with Gasteiger partial charge in [-0.25, -0.2) is 0 Å². The molecular formula is C16H27N3OS. The molecule has 2 aliphatic carbocycles. The van der Waals surface area contributed by atoms with Crippen molar-refractivity contribution in [1.82, 2.24) is 10.2 Å². The average molecular weight is 309 g/mol. The zero-order chi connectivity index (χ0) is 14.9. The summed E-state index contributed by atoms with van der Waals surface area (Å²) >= 11 is 1.72. The maximum atomic E-state index is 5.97. The fraction of sp³-hybridized carbons (Fsp3) is 0.875. The molecule has 1 N–H and O–H groups in total. The lowest BCUT2D eigenvalue weighted by molar-refractivity contribution is -0.114. The largest absolute Gasteiger partial charge is 0.378 e. The Morgan fingerprint density at radius 1 is 1.33 bits per heavy atom. The van der Waals surface area contributed by atoms with E-state index in [4.69, 9.17) is 4.74 Å². The normalized spacial score (nSPS) is 27.2. The van der Waals surface area contributed by atoms with Crippen molar-refractivity contribution in [2.24, 2.45) is 11.3 Å². The molecule has 2 atom stereocenters. The summed E-state index contributed by atoms with van der Waals surface area (Å²) in [6.07, 6.45) is 7.88. The number of anilines is 1. The molecule has 0 amide bonds. The molecule has 2 unspecified atom stereocenters. The standard InChI is InChI=1S/C16H27N3OS/c1-4-20-13-10-12(16(13)7-5-6-8-16)17-15-19-18-14(21-15)9-11(2)3/h11-13H,4-10H2,1-3H3,(H,17,19). The van der Waals surface area contributed by atoms with Crippen molar-refractivity contribution in [1.29, 1.82) is 0 Å². The molecule has 0 aliphatic heterocycles. The van der Waals surface area contributed by atoms with Crippen molar-refractivity contribution < 1.29 is 4.74 Å². The van der Waals surface area contributed by atoms with Gasteiger partial charge in [0.2, 0.25) is 5.13 Å². The van der Waals surface area contributed by atoms with Crippen LogP contribution in [0.25, 0.3) is 0 Å². The maximum Gasteiger partial charge on any atom is 0.205 e. The molecule has 1 heterocycles. The van der Waals surface area contributed by atoms with E-state index in [0.717, 1.165) is 29.6 Å². The van der Waals surface area contributed by atoms with Crippen LogP contribution in [0.15, 0.2) is 0 Å². The van der Waals surface area contributed by atoms with Gasteiger partial charge in [0.25, 0.3) is 0 Å². The fourth-order valence-corrected chi connectivity index (χ4v) is 4.99. The molecule has 0 bridgehead atoms. The van der Waals surface area contributed by atoms with Crippen LogP contribution < -0.4 is 5.32 Å². The molecule has 21 heavy (non-hydrogen) atoms. The van der Waals surface area contributed by atoms with Crippen LogP contribution in [0.3, 0.4) is 0 Å². The predicted octanol–water partition coefficient (Wildman–Crippen LogP) is 3.89. The third-order valence-corrected chi connectivity index (χ3v) is 5.91. The average Bonchev–Trinajstić information content (AvgIpc) is 3.07. The highest BCUT2D eigenvalue weighted by molar-refractivity contribution is 7.15. The van der Waals surface area contributed by atoms with Crippen LogP contribution in [-0.2, 0) is 11.2 Å². The third-order valence-electron chi connectivity index (χ3n) is 5.03. The van der Waals surface area contributed by atoms with Gasteiger partial charge in [-0.3, -0.25) is 0 Å². The molecule has 0 radical (unpaired) electrons. The van der Waals surface area contributed by atoms with Gasteiger partial charge in [0.05, 0.1) is 6.10 Å². The molecule has 1 spiro atoms. The smallest absolute Gasteiger partial charge is 0.205 e. The molecule has 1 aromatic rings. The lowest BCUT2D eigenvalue weighted by atomic mass is 9.60. The Balaban J connectivity index is 1.63. The minimum absolute atomic E-state index is 0.361. The van der Waals surface area contributed by atoms with Crippen molar-refractivity contribution in [3.8, 4) is 0 Å². The summed E-state index contributed by atoms with van der Waals surface area (Å²) in [5.41, 5.74) is 0.361. The zero-order valence-electron chi connectivity index (χ0n) is 13.4. The SMILES string of the molecule is CCOC1CC(Nc2nnc(CC(C)C)s2)C12CCCC2. The zero-order valence-corrected chi connectivity index (χ0v) is 14.2. The second kappa shape index (κ2) is 6.21. The third kappa shape index (κ3) is 2.95. The minimum Gasteiger partial charge on any atom is -0.378 e. The summed E-state index contributed by atoms with van der Waals surface area (Å²) in [6.45, 7) is 7.38. The Labute approximate surface area is 131 Å². The summed E-state index contributed by atoms with van der Waals surface area (Å²) in [4.78, 5) is 0. The highest BCUT2D eigenvalue weighted by Crippen LogP contribution is 2.55. The minimum atomic E-state index is 0.361. The molecule has 4 nitrogen and oxygen atoms in total. The van der Waals surface area contributed by atoms with Gasteiger partial charge in [0.15, 0.2) is 0 Å². The molecule has 2 saturated carbocycles. The predicted molar refractivity (Wildman–Crippen MR) is 86.8 cm³/mol. The van der Waals surface area contributed by atoms with Gasteiger partial charge in [0.1, 0.15) is 5.01 Å². The van der Waals surface area contributed by atoms with Crippen LogP contribution in [0.4, 0.5) is 5.13 Å². The van der Waals surface area contributed by atoms with E-state index in [-0.39, 0.29) is 0 Å². The number of rotatable bonds is 6. The highest BCUT2D eigenvalue weighted by Gasteiger charge is 2.56. The summed E-state index contributed by atoms with van der Waals surface area (Å²) in [7, 11) is 0. The first-order valence-corrected chi connectivity index (χ1v) is 9.16. The van der Waals surface area contributed by atoms with Crippen LogP contribution in [-0.4, -0.2) is 29.0 Å². The van der Waals surface area contributed by atoms with E-state index in [9.17, 15) is 0 Å². The Morgan fingerprint density at radius 2 is 2.10 bits per heavy atom. The van der Waals surface area contributed by atoms with Gasteiger partial charge >= 0.3 is 0 Å². The molecule has 0 saturated heterocycles. The second-order valence-electron chi connectivity index (χ2n) is 6.92. The summed E-state index contributed by atoms with van der Waals surface area (Å²) in [6, 6.07) is 0.524. The number of nitrogens with zero attached hydrogens (tertiary/aromatic N) is 2. The summed E-state index contributed by atoms with van der Waals surface area (Å²) in [5.74, 6) is 0.637. The van der Waals surface area contributed by atoms with E-state index in [1.54, 1.807) is 11.3 Å². The lowest BCUT2D eigenvalue weighted by Gasteiger charge is -2.54. The quantitative estimate of drug-likeness (QED) is 0.866. The second-order valence-corrected chi connectivity index (χ2v) is 7.98. The van der Waals surface area contributed by atoms with Crippen LogP contribution in [0.1, 0.15) is 57.9 Å². The van der Waals surface area contributed by atoms with Crippen molar-refractivity contribution in [3.05, 3.63) is 5.01 Å². The van der Waals surface area contributed by atoms with E-state index < -0.39 is 0 Å². The Hall–Kier alpha value is -0.680. The van der Waals surface area contributed by atoms with Gasteiger partial charge in [-0.2, -0.15) is 0 Å². The monoisotopic (exact) mass is 309 g/mol. The van der Waals surface area contributed by atoms with Gasteiger partial charge in [-0.15, -0.1) is 10.2 Å².